The number of H-pyrrole nitrogens is 1. The Hall–Kier alpha value is -1.72. The van der Waals surface area contributed by atoms with Gasteiger partial charge >= 0.3 is 0 Å². The van der Waals surface area contributed by atoms with E-state index in [1.807, 2.05) is 12.4 Å². The van der Waals surface area contributed by atoms with Crippen LogP contribution in [-0.4, -0.2) is 46.4 Å². The Bertz CT molecular complexity index is 675. The Balaban J connectivity index is 1.45. The van der Waals surface area contributed by atoms with Crippen LogP contribution in [-0.2, 0) is 11.3 Å². The Kier molecular flexibility index (Phi) is 4.86. The molecule has 4 rings (SSSR count). The molecule has 1 aliphatic heterocycles. The molecule has 0 spiro atoms. The lowest BCUT2D eigenvalue weighted by atomic mass is 9.90. The maximum Gasteiger partial charge on any atom is 0.0639 e. The van der Waals surface area contributed by atoms with Gasteiger partial charge in [0.1, 0.15) is 0 Å². The number of aryl methyl sites for hydroxylation is 2. The quantitative estimate of drug-likeness (QED) is 0.842. The Labute approximate surface area is 149 Å². The highest BCUT2D eigenvalue weighted by Crippen LogP contribution is 2.35. The lowest BCUT2D eigenvalue weighted by molar-refractivity contribution is 0.0887. The van der Waals surface area contributed by atoms with Crippen LogP contribution in [0.3, 0.4) is 0 Å². The van der Waals surface area contributed by atoms with Gasteiger partial charge in [-0.15, -0.1) is 0 Å². The van der Waals surface area contributed by atoms with Gasteiger partial charge in [-0.25, -0.2) is 0 Å². The number of rotatable bonds is 7. The molecule has 2 atom stereocenters. The van der Waals surface area contributed by atoms with Gasteiger partial charge in [0.2, 0.25) is 0 Å². The highest BCUT2D eigenvalue weighted by atomic mass is 16.5. The largest absolute Gasteiger partial charge is 0.381 e. The van der Waals surface area contributed by atoms with E-state index in [2.05, 4.69) is 46.1 Å². The predicted octanol–water partition coefficient (Wildman–Crippen LogP) is 3.06. The molecule has 0 unspecified atom stereocenters. The smallest absolute Gasteiger partial charge is 0.0639 e. The van der Waals surface area contributed by atoms with Crippen LogP contribution in [0.4, 0.5) is 0 Å². The highest BCUT2D eigenvalue weighted by Gasteiger charge is 2.35. The van der Waals surface area contributed by atoms with Gasteiger partial charge in [-0.1, -0.05) is 0 Å². The molecule has 1 saturated heterocycles. The Morgan fingerprint density at radius 2 is 1.96 bits per heavy atom. The average Bonchev–Trinajstić information content (AvgIpc) is 3.29. The van der Waals surface area contributed by atoms with Crippen molar-refractivity contribution in [1.29, 1.82) is 0 Å². The third-order valence-corrected chi connectivity index (χ3v) is 5.70. The summed E-state index contributed by atoms with van der Waals surface area (Å²) in [5.41, 5.74) is 5.03. The molecule has 1 N–H and O–H groups in total. The Morgan fingerprint density at radius 3 is 2.64 bits per heavy atom. The molecule has 0 radical (unpaired) electrons. The molecule has 2 aliphatic rings. The van der Waals surface area contributed by atoms with E-state index in [1.165, 1.54) is 29.7 Å². The monoisotopic (exact) mass is 340 g/mol. The first-order chi connectivity index (χ1) is 12.2. The second-order valence-corrected chi connectivity index (χ2v) is 7.73. The third-order valence-electron chi connectivity index (χ3n) is 5.70. The molecule has 0 aromatic carbocycles. The molecule has 0 bridgehead atoms. The number of aromatic nitrogens is 3. The fourth-order valence-corrected chi connectivity index (χ4v) is 3.95. The summed E-state index contributed by atoms with van der Waals surface area (Å²) in [6.45, 7) is 9.14. The van der Waals surface area contributed by atoms with Crippen molar-refractivity contribution in [1.82, 2.24) is 20.1 Å². The SMILES string of the molecule is Cc1n[nH]c(C)c1CN1C[C@@H](COCC2CC2)[C@H](c2ccncc2)C1. The summed E-state index contributed by atoms with van der Waals surface area (Å²) in [4.78, 5) is 6.74. The molecular weight excluding hydrogens is 312 g/mol. The number of aromatic amines is 1. The van der Waals surface area contributed by atoms with E-state index in [4.69, 9.17) is 4.74 Å². The molecule has 25 heavy (non-hydrogen) atoms. The lowest BCUT2D eigenvalue weighted by Gasteiger charge is -2.18. The maximum atomic E-state index is 6.06. The van der Waals surface area contributed by atoms with Crippen molar-refractivity contribution in [3.05, 3.63) is 47.0 Å². The molecule has 5 nitrogen and oxygen atoms in total. The number of nitrogens with zero attached hydrogens (tertiary/aromatic N) is 3. The van der Waals surface area contributed by atoms with Gasteiger partial charge in [-0.2, -0.15) is 5.10 Å². The van der Waals surface area contributed by atoms with E-state index in [0.717, 1.165) is 44.5 Å². The number of hydrogen-bond acceptors (Lipinski definition) is 4. The second-order valence-electron chi connectivity index (χ2n) is 7.73. The van der Waals surface area contributed by atoms with Gasteiger partial charge in [-0.3, -0.25) is 15.0 Å². The molecule has 0 amide bonds. The summed E-state index contributed by atoms with van der Waals surface area (Å²) < 4.78 is 6.06. The first-order valence-corrected chi connectivity index (χ1v) is 9.41. The van der Waals surface area contributed by atoms with E-state index in [1.54, 1.807) is 0 Å². The summed E-state index contributed by atoms with van der Waals surface area (Å²) in [6.07, 6.45) is 6.52. The van der Waals surface area contributed by atoms with Crippen molar-refractivity contribution in [3.8, 4) is 0 Å². The molecule has 1 saturated carbocycles. The van der Waals surface area contributed by atoms with Gasteiger partial charge < -0.3 is 4.74 Å². The first kappa shape index (κ1) is 16.7. The molecule has 2 aromatic rings. The van der Waals surface area contributed by atoms with Gasteiger partial charge in [-0.05, 0) is 50.3 Å². The zero-order valence-electron chi connectivity index (χ0n) is 15.2. The van der Waals surface area contributed by atoms with Gasteiger partial charge in [0, 0.05) is 61.7 Å². The fourth-order valence-electron chi connectivity index (χ4n) is 3.95. The van der Waals surface area contributed by atoms with Crippen LogP contribution in [0.5, 0.6) is 0 Å². The maximum absolute atomic E-state index is 6.06. The zero-order chi connectivity index (χ0) is 17.2. The van der Waals surface area contributed by atoms with E-state index in [9.17, 15) is 0 Å². The van der Waals surface area contributed by atoms with E-state index < -0.39 is 0 Å². The first-order valence-electron chi connectivity index (χ1n) is 9.41. The Morgan fingerprint density at radius 1 is 1.16 bits per heavy atom. The standard InChI is InChI=1S/C20H28N4O/c1-14-19(15(2)23-22-14)10-24-9-18(13-25-12-16-3-4-16)20(11-24)17-5-7-21-8-6-17/h5-8,16,18,20H,3-4,9-13H2,1-2H3,(H,22,23)/t18-,20-/m0/s1. The molecule has 3 heterocycles. The minimum atomic E-state index is 0.523. The minimum Gasteiger partial charge on any atom is -0.381 e. The molecule has 2 aromatic heterocycles. The molecule has 1 aliphatic carbocycles. The summed E-state index contributed by atoms with van der Waals surface area (Å²) in [5.74, 6) is 1.90. The van der Waals surface area contributed by atoms with Crippen molar-refractivity contribution >= 4 is 0 Å². The van der Waals surface area contributed by atoms with Gasteiger partial charge in [0.05, 0.1) is 12.3 Å². The topological polar surface area (TPSA) is 54.0 Å². The molecule has 2 fully saturated rings. The molecule has 5 heteroatoms. The normalized spacial score (nSPS) is 24.1. The molecule has 134 valence electrons. The van der Waals surface area contributed by atoms with Crippen molar-refractivity contribution in [2.75, 3.05) is 26.3 Å². The van der Waals surface area contributed by atoms with Gasteiger partial charge in [0.15, 0.2) is 0 Å². The number of nitrogens with one attached hydrogen (secondary N) is 1. The van der Waals surface area contributed by atoms with Crippen LogP contribution in [0.2, 0.25) is 0 Å². The number of ether oxygens (including phenoxy) is 1. The van der Waals surface area contributed by atoms with E-state index in [0.29, 0.717) is 11.8 Å². The zero-order valence-corrected chi connectivity index (χ0v) is 15.2. The van der Waals surface area contributed by atoms with Crippen LogP contribution in [0.25, 0.3) is 0 Å². The summed E-state index contributed by atoms with van der Waals surface area (Å²) in [5, 5.41) is 7.45. The highest BCUT2D eigenvalue weighted by molar-refractivity contribution is 5.24. The summed E-state index contributed by atoms with van der Waals surface area (Å²) >= 11 is 0. The minimum absolute atomic E-state index is 0.523. The average molecular weight is 340 g/mol. The second kappa shape index (κ2) is 7.26. The van der Waals surface area contributed by atoms with Crippen molar-refractivity contribution in [2.45, 2.75) is 39.2 Å². The number of hydrogen-bond donors (Lipinski definition) is 1. The fraction of sp³-hybridized carbons (Fsp3) is 0.600. The van der Waals surface area contributed by atoms with Crippen LogP contribution in [0.15, 0.2) is 24.5 Å². The summed E-state index contributed by atoms with van der Waals surface area (Å²) in [7, 11) is 0. The van der Waals surface area contributed by atoms with Crippen molar-refractivity contribution in [2.24, 2.45) is 11.8 Å². The van der Waals surface area contributed by atoms with Crippen LogP contribution < -0.4 is 0 Å². The number of likely N-dealkylation sites (tertiary alicyclic amines) is 1. The van der Waals surface area contributed by atoms with E-state index in [-0.39, 0.29) is 0 Å². The van der Waals surface area contributed by atoms with Crippen LogP contribution >= 0.6 is 0 Å². The third kappa shape index (κ3) is 3.93. The van der Waals surface area contributed by atoms with Gasteiger partial charge in [0.25, 0.3) is 0 Å². The predicted molar refractivity (Wildman–Crippen MR) is 97.3 cm³/mol. The van der Waals surface area contributed by atoms with Crippen molar-refractivity contribution in [3.63, 3.8) is 0 Å². The molecular formula is C20H28N4O. The number of pyridine rings is 1. The van der Waals surface area contributed by atoms with Crippen molar-refractivity contribution < 1.29 is 4.74 Å². The lowest BCUT2D eigenvalue weighted by Crippen LogP contribution is -2.22. The van der Waals surface area contributed by atoms with Crippen LogP contribution in [0.1, 0.15) is 41.3 Å². The van der Waals surface area contributed by atoms with Crippen LogP contribution in [0, 0.1) is 25.7 Å². The summed E-state index contributed by atoms with van der Waals surface area (Å²) in [6, 6.07) is 4.33. The van der Waals surface area contributed by atoms with E-state index >= 15 is 0 Å².